The lowest BCUT2D eigenvalue weighted by molar-refractivity contribution is 1.11. The first-order valence-corrected chi connectivity index (χ1v) is 4.31. The summed E-state index contributed by atoms with van der Waals surface area (Å²) >= 11 is 1.90. The van der Waals surface area contributed by atoms with E-state index in [1.807, 2.05) is 11.8 Å². The van der Waals surface area contributed by atoms with E-state index in [0.717, 1.165) is 0 Å². The van der Waals surface area contributed by atoms with E-state index in [-0.39, 0.29) is 0 Å². The summed E-state index contributed by atoms with van der Waals surface area (Å²) in [7, 11) is 0. The van der Waals surface area contributed by atoms with Crippen molar-refractivity contribution in [2.75, 3.05) is 12.0 Å². The molecule has 8 heavy (non-hydrogen) atoms. The predicted molar refractivity (Wildman–Crippen MR) is 42.4 cm³/mol. The molecule has 0 rings (SSSR count). The topological polar surface area (TPSA) is 0 Å². The molecule has 0 atom stereocenters. The van der Waals surface area contributed by atoms with Crippen molar-refractivity contribution >= 4 is 11.8 Å². The summed E-state index contributed by atoms with van der Waals surface area (Å²) in [5.74, 6) is 1.26. The van der Waals surface area contributed by atoms with Crippen LogP contribution in [0.5, 0.6) is 0 Å². The summed E-state index contributed by atoms with van der Waals surface area (Å²) < 4.78 is 0. The second kappa shape index (κ2) is 5.23. The summed E-state index contributed by atoms with van der Waals surface area (Å²) in [5, 5.41) is 0. The van der Waals surface area contributed by atoms with Gasteiger partial charge in [0, 0.05) is 0 Å². The van der Waals surface area contributed by atoms with Gasteiger partial charge in [-0.2, -0.15) is 11.8 Å². The normalized spacial score (nSPS) is 12.1. The minimum Gasteiger partial charge on any atom is -0.165 e. The average Bonchev–Trinajstić information content (AvgIpc) is 1.83. The molecular formula is C7H14S. The van der Waals surface area contributed by atoms with Crippen molar-refractivity contribution in [2.45, 2.75) is 20.3 Å². The fraction of sp³-hybridized carbons (Fsp3) is 0.714. The van der Waals surface area contributed by atoms with Crippen LogP contribution in [0, 0.1) is 0 Å². The van der Waals surface area contributed by atoms with Crippen LogP contribution in [-0.4, -0.2) is 12.0 Å². The van der Waals surface area contributed by atoms with Gasteiger partial charge in [0.1, 0.15) is 0 Å². The molecule has 0 heterocycles. The predicted octanol–water partition coefficient (Wildman–Crippen LogP) is 2.71. The van der Waals surface area contributed by atoms with Crippen LogP contribution in [0.3, 0.4) is 0 Å². The smallest absolute Gasteiger partial charge is 0.00331 e. The maximum Gasteiger partial charge on any atom is -0.00331 e. The van der Waals surface area contributed by atoms with Crippen LogP contribution in [0.25, 0.3) is 0 Å². The molecule has 0 N–H and O–H groups in total. The van der Waals surface area contributed by atoms with Gasteiger partial charge in [-0.15, -0.1) is 0 Å². The lowest BCUT2D eigenvalue weighted by Gasteiger charge is -1.94. The van der Waals surface area contributed by atoms with Gasteiger partial charge >= 0.3 is 0 Å². The van der Waals surface area contributed by atoms with Gasteiger partial charge in [-0.3, -0.25) is 0 Å². The largest absolute Gasteiger partial charge is 0.165 e. The molecule has 0 saturated heterocycles. The van der Waals surface area contributed by atoms with Crippen molar-refractivity contribution < 1.29 is 0 Å². The third-order valence-corrected chi connectivity index (χ3v) is 1.81. The van der Waals surface area contributed by atoms with Crippen molar-refractivity contribution in [3.05, 3.63) is 11.6 Å². The Hall–Kier alpha value is 0.0900. The van der Waals surface area contributed by atoms with Crippen molar-refractivity contribution in [2.24, 2.45) is 0 Å². The molecule has 0 amide bonds. The van der Waals surface area contributed by atoms with E-state index >= 15 is 0 Å². The van der Waals surface area contributed by atoms with E-state index in [4.69, 9.17) is 0 Å². The zero-order valence-corrected chi connectivity index (χ0v) is 6.72. The number of allylic oxidation sites excluding steroid dienone is 2. The SMILES string of the molecule is C/C=C(\C)CCSC. The van der Waals surface area contributed by atoms with Crippen LogP contribution in [0.15, 0.2) is 11.6 Å². The van der Waals surface area contributed by atoms with Crippen LogP contribution in [0.1, 0.15) is 20.3 Å². The zero-order chi connectivity index (χ0) is 6.41. The standard InChI is InChI=1S/C7H14S/c1-4-7(2)5-6-8-3/h4H,5-6H2,1-3H3/b7-4+. The van der Waals surface area contributed by atoms with Crippen LogP contribution in [-0.2, 0) is 0 Å². The van der Waals surface area contributed by atoms with E-state index in [9.17, 15) is 0 Å². The first-order valence-electron chi connectivity index (χ1n) is 2.92. The number of thioether (sulfide) groups is 1. The molecule has 0 aliphatic carbocycles. The van der Waals surface area contributed by atoms with Gasteiger partial charge in [-0.05, 0) is 32.3 Å². The molecule has 0 unspecified atom stereocenters. The van der Waals surface area contributed by atoms with Crippen LogP contribution < -0.4 is 0 Å². The van der Waals surface area contributed by atoms with Gasteiger partial charge in [0.25, 0.3) is 0 Å². The Kier molecular flexibility index (Phi) is 5.29. The third kappa shape index (κ3) is 4.25. The van der Waals surface area contributed by atoms with Crippen molar-refractivity contribution in [1.29, 1.82) is 0 Å². The van der Waals surface area contributed by atoms with E-state index in [1.54, 1.807) is 0 Å². The maximum atomic E-state index is 2.18. The lowest BCUT2D eigenvalue weighted by atomic mass is 10.2. The monoisotopic (exact) mass is 130 g/mol. The van der Waals surface area contributed by atoms with Crippen LogP contribution in [0.2, 0.25) is 0 Å². The number of rotatable bonds is 3. The molecule has 0 aliphatic rings. The minimum absolute atomic E-state index is 1.25. The van der Waals surface area contributed by atoms with Gasteiger partial charge < -0.3 is 0 Å². The number of hydrogen-bond donors (Lipinski definition) is 0. The molecule has 0 fully saturated rings. The molecule has 0 spiro atoms. The van der Waals surface area contributed by atoms with E-state index < -0.39 is 0 Å². The van der Waals surface area contributed by atoms with E-state index in [2.05, 4.69) is 26.2 Å². The number of hydrogen-bond acceptors (Lipinski definition) is 1. The second-order valence-corrected chi connectivity index (χ2v) is 2.86. The van der Waals surface area contributed by atoms with Crippen molar-refractivity contribution in [1.82, 2.24) is 0 Å². The Balaban J connectivity index is 3.12. The maximum absolute atomic E-state index is 2.18. The molecule has 0 aromatic rings. The quantitative estimate of drug-likeness (QED) is 0.529. The van der Waals surface area contributed by atoms with Crippen LogP contribution in [0.4, 0.5) is 0 Å². The molecule has 1 heteroatoms. The summed E-state index contributed by atoms with van der Waals surface area (Å²) in [5.41, 5.74) is 1.50. The highest BCUT2D eigenvalue weighted by Gasteiger charge is 1.84. The molecule has 0 saturated carbocycles. The average molecular weight is 130 g/mol. The van der Waals surface area contributed by atoms with Gasteiger partial charge in [-0.1, -0.05) is 11.6 Å². The van der Waals surface area contributed by atoms with Crippen molar-refractivity contribution in [3.8, 4) is 0 Å². The molecule has 0 aromatic heterocycles. The molecule has 0 radical (unpaired) electrons. The molecule has 0 aromatic carbocycles. The Morgan fingerprint density at radius 3 is 2.62 bits per heavy atom. The van der Waals surface area contributed by atoms with Gasteiger partial charge in [-0.25, -0.2) is 0 Å². The lowest BCUT2D eigenvalue weighted by Crippen LogP contribution is -1.78. The fourth-order valence-electron chi connectivity index (χ4n) is 0.407. The summed E-state index contributed by atoms with van der Waals surface area (Å²) in [4.78, 5) is 0. The van der Waals surface area contributed by atoms with E-state index in [1.165, 1.54) is 17.7 Å². The molecule has 0 bridgehead atoms. The van der Waals surface area contributed by atoms with Gasteiger partial charge in [0.05, 0.1) is 0 Å². The summed E-state index contributed by atoms with van der Waals surface area (Å²) in [6.07, 6.45) is 5.57. The van der Waals surface area contributed by atoms with Crippen molar-refractivity contribution in [3.63, 3.8) is 0 Å². The van der Waals surface area contributed by atoms with E-state index in [0.29, 0.717) is 0 Å². The highest BCUT2D eigenvalue weighted by molar-refractivity contribution is 7.98. The highest BCUT2D eigenvalue weighted by Crippen LogP contribution is 2.03. The first kappa shape index (κ1) is 8.09. The van der Waals surface area contributed by atoms with Crippen LogP contribution >= 0.6 is 11.8 Å². The molecule has 0 aliphatic heterocycles. The van der Waals surface area contributed by atoms with Gasteiger partial charge in [0.2, 0.25) is 0 Å². The Labute approximate surface area is 56.4 Å². The Bertz CT molecular complexity index is 74.5. The second-order valence-electron chi connectivity index (χ2n) is 1.88. The van der Waals surface area contributed by atoms with Gasteiger partial charge in [0.15, 0.2) is 0 Å². The minimum atomic E-state index is 1.25. The fourth-order valence-corrected chi connectivity index (χ4v) is 0.933. The Morgan fingerprint density at radius 1 is 1.62 bits per heavy atom. The molecular weight excluding hydrogens is 116 g/mol. The molecule has 0 nitrogen and oxygen atoms in total. The first-order chi connectivity index (χ1) is 3.81. The third-order valence-electron chi connectivity index (χ3n) is 1.19. The highest BCUT2D eigenvalue weighted by atomic mass is 32.2. The molecule has 48 valence electrons. The summed E-state index contributed by atoms with van der Waals surface area (Å²) in [6, 6.07) is 0. The Morgan fingerprint density at radius 2 is 2.25 bits per heavy atom. The zero-order valence-electron chi connectivity index (χ0n) is 5.90. The summed E-state index contributed by atoms with van der Waals surface area (Å²) in [6.45, 7) is 4.27.